The van der Waals surface area contributed by atoms with Crippen molar-refractivity contribution in [2.24, 2.45) is 0 Å². The van der Waals surface area contributed by atoms with Gasteiger partial charge in [0.05, 0.1) is 25.1 Å². The summed E-state index contributed by atoms with van der Waals surface area (Å²) < 4.78 is 20.7. The number of anilines is 2. The van der Waals surface area contributed by atoms with Crippen molar-refractivity contribution in [2.45, 2.75) is 19.3 Å². The van der Waals surface area contributed by atoms with Gasteiger partial charge in [-0.05, 0) is 19.3 Å². The summed E-state index contributed by atoms with van der Waals surface area (Å²) >= 11 is 0. The quantitative estimate of drug-likeness (QED) is 0.664. The number of phenolic OH excluding ortho intramolecular Hbond substituents is 1. The molecule has 2 N–H and O–H groups in total. The Bertz CT molecular complexity index is 1060. The van der Waals surface area contributed by atoms with Crippen molar-refractivity contribution in [3.05, 3.63) is 48.2 Å². The standard InChI is InChI=1S/C20H21FN6O3/c1-30-16-8-14(7-15(28)9-16)24-20-22-11-17(21)18(25-20)27-12-13(10-23-27)19(29)26-5-3-2-4-6-26/h7-12,28H,2-6H2,1H3,(H,22,24,25). The number of halogens is 1. The molecular formula is C20H21FN6O3. The molecule has 0 radical (unpaired) electrons. The number of amides is 1. The zero-order valence-corrected chi connectivity index (χ0v) is 16.4. The van der Waals surface area contributed by atoms with E-state index >= 15 is 0 Å². The average Bonchev–Trinajstić information content (AvgIpc) is 3.24. The first kappa shape index (κ1) is 19.6. The van der Waals surface area contributed by atoms with E-state index in [9.17, 15) is 14.3 Å². The van der Waals surface area contributed by atoms with E-state index in [4.69, 9.17) is 4.74 Å². The Hall–Kier alpha value is -3.69. The number of carbonyl (C=O) groups is 1. The van der Waals surface area contributed by atoms with Crippen molar-refractivity contribution in [3.8, 4) is 17.3 Å². The zero-order valence-electron chi connectivity index (χ0n) is 16.4. The lowest BCUT2D eigenvalue weighted by atomic mass is 10.1. The summed E-state index contributed by atoms with van der Waals surface area (Å²) in [5.41, 5.74) is 0.841. The summed E-state index contributed by atoms with van der Waals surface area (Å²) in [5, 5.41) is 16.8. The predicted molar refractivity (Wildman–Crippen MR) is 107 cm³/mol. The highest BCUT2D eigenvalue weighted by Gasteiger charge is 2.21. The lowest BCUT2D eigenvalue weighted by Gasteiger charge is -2.26. The molecule has 0 unspecified atom stereocenters. The number of benzene rings is 1. The maximum absolute atomic E-state index is 14.4. The van der Waals surface area contributed by atoms with E-state index < -0.39 is 5.82 Å². The van der Waals surface area contributed by atoms with Gasteiger partial charge in [-0.25, -0.2) is 14.1 Å². The number of aromatic hydroxyl groups is 1. The van der Waals surface area contributed by atoms with E-state index in [0.29, 0.717) is 30.1 Å². The molecule has 1 saturated heterocycles. The second-order valence-corrected chi connectivity index (χ2v) is 6.94. The number of rotatable bonds is 5. The third-order valence-corrected chi connectivity index (χ3v) is 4.80. The van der Waals surface area contributed by atoms with Gasteiger partial charge in [-0.2, -0.15) is 10.1 Å². The molecule has 0 aliphatic carbocycles. The number of methoxy groups -OCH3 is 1. The molecular weight excluding hydrogens is 391 g/mol. The zero-order chi connectivity index (χ0) is 21.1. The Morgan fingerprint density at radius 3 is 2.77 bits per heavy atom. The lowest BCUT2D eigenvalue weighted by molar-refractivity contribution is 0.0724. The molecule has 1 aromatic carbocycles. The molecule has 30 heavy (non-hydrogen) atoms. The largest absolute Gasteiger partial charge is 0.508 e. The third-order valence-electron chi connectivity index (χ3n) is 4.80. The van der Waals surface area contributed by atoms with Crippen LogP contribution in [-0.4, -0.2) is 55.9 Å². The van der Waals surface area contributed by atoms with Gasteiger partial charge in [0.15, 0.2) is 11.6 Å². The fourth-order valence-electron chi connectivity index (χ4n) is 3.31. The molecule has 1 amide bonds. The number of likely N-dealkylation sites (tertiary alicyclic amines) is 1. The maximum atomic E-state index is 14.4. The van der Waals surface area contributed by atoms with E-state index in [1.807, 2.05) is 0 Å². The van der Waals surface area contributed by atoms with Crippen molar-refractivity contribution >= 4 is 17.5 Å². The Morgan fingerprint density at radius 2 is 2.00 bits per heavy atom. The molecule has 2 aromatic heterocycles. The van der Waals surface area contributed by atoms with Crippen molar-refractivity contribution < 1.29 is 19.0 Å². The molecule has 0 atom stereocenters. The summed E-state index contributed by atoms with van der Waals surface area (Å²) in [6.45, 7) is 1.43. The Labute approximate surface area is 172 Å². The number of piperidine rings is 1. The Kier molecular flexibility index (Phi) is 5.46. The van der Waals surface area contributed by atoms with Gasteiger partial charge in [-0.3, -0.25) is 4.79 Å². The summed E-state index contributed by atoms with van der Waals surface area (Å²) in [4.78, 5) is 22.5. The highest BCUT2D eigenvalue weighted by Crippen LogP contribution is 2.26. The normalized spacial score (nSPS) is 13.9. The van der Waals surface area contributed by atoms with Gasteiger partial charge in [-0.1, -0.05) is 0 Å². The molecule has 3 aromatic rings. The van der Waals surface area contributed by atoms with Crippen LogP contribution < -0.4 is 10.1 Å². The average molecular weight is 412 g/mol. The number of phenols is 1. The minimum absolute atomic E-state index is 0.00729. The first-order valence-corrected chi connectivity index (χ1v) is 9.55. The molecule has 9 nitrogen and oxygen atoms in total. The van der Waals surface area contributed by atoms with Crippen molar-refractivity contribution in [3.63, 3.8) is 0 Å². The van der Waals surface area contributed by atoms with Gasteiger partial charge in [0, 0.05) is 43.2 Å². The smallest absolute Gasteiger partial charge is 0.257 e. The van der Waals surface area contributed by atoms with E-state index in [2.05, 4.69) is 20.4 Å². The van der Waals surface area contributed by atoms with Gasteiger partial charge in [0.25, 0.3) is 5.91 Å². The number of aromatic nitrogens is 4. The van der Waals surface area contributed by atoms with Crippen molar-refractivity contribution in [2.75, 3.05) is 25.5 Å². The summed E-state index contributed by atoms with van der Waals surface area (Å²) in [5.74, 6) is -0.384. The molecule has 1 fully saturated rings. The van der Waals surface area contributed by atoms with Gasteiger partial charge >= 0.3 is 0 Å². The summed E-state index contributed by atoms with van der Waals surface area (Å²) in [7, 11) is 1.48. The summed E-state index contributed by atoms with van der Waals surface area (Å²) in [6.07, 6.45) is 6.97. The van der Waals surface area contributed by atoms with E-state index in [1.54, 1.807) is 11.0 Å². The number of hydrogen-bond donors (Lipinski definition) is 2. The first-order valence-electron chi connectivity index (χ1n) is 9.55. The number of nitrogens with one attached hydrogen (secondary N) is 1. The topological polar surface area (TPSA) is 105 Å². The van der Waals surface area contributed by atoms with Gasteiger partial charge in [0.1, 0.15) is 11.5 Å². The van der Waals surface area contributed by atoms with Crippen LogP contribution in [-0.2, 0) is 0 Å². The van der Waals surface area contributed by atoms with Crippen LogP contribution in [0.15, 0.2) is 36.8 Å². The van der Waals surface area contributed by atoms with Gasteiger partial charge in [0.2, 0.25) is 5.95 Å². The second-order valence-electron chi connectivity index (χ2n) is 6.94. The monoisotopic (exact) mass is 412 g/mol. The van der Waals surface area contributed by atoms with Crippen LogP contribution in [0.1, 0.15) is 29.6 Å². The molecule has 10 heteroatoms. The third kappa shape index (κ3) is 4.17. The van der Waals surface area contributed by atoms with Crippen LogP contribution in [0, 0.1) is 5.82 Å². The van der Waals surface area contributed by atoms with Crippen LogP contribution in [0.2, 0.25) is 0 Å². The first-order chi connectivity index (χ1) is 14.5. The molecule has 1 aliphatic rings. The minimum atomic E-state index is -0.686. The Balaban J connectivity index is 1.57. The number of ether oxygens (including phenoxy) is 1. The van der Waals surface area contributed by atoms with Crippen molar-refractivity contribution in [1.82, 2.24) is 24.6 Å². The highest BCUT2D eigenvalue weighted by atomic mass is 19.1. The molecule has 0 bridgehead atoms. The van der Waals surface area contributed by atoms with Gasteiger partial charge < -0.3 is 20.1 Å². The van der Waals surface area contributed by atoms with E-state index in [1.165, 1.54) is 36.3 Å². The molecule has 0 saturated carbocycles. The molecule has 156 valence electrons. The van der Waals surface area contributed by atoms with Crippen molar-refractivity contribution in [1.29, 1.82) is 0 Å². The van der Waals surface area contributed by atoms with Crippen LogP contribution in [0.3, 0.4) is 0 Å². The number of hydrogen-bond acceptors (Lipinski definition) is 7. The molecule has 4 rings (SSSR count). The van der Waals surface area contributed by atoms with E-state index in [-0.39, 0.29) is 23.4 Å². The highest BCUT2D eigenvalue weighted by molar-refractivity contribution is 5.93. The fourth-order valence-corrected chi connectivity index (χ4v) is 3.31. The number of carbonyl (C=O) groups excluding carboxylic acids is 1. The van der Waals surface area contributed by atoms with Crippen LogP contribution >= 0.6 is 0 Å². The molecule has 3 heterocycles. The minimum Gasteiger partial charge on any atom is -0.508 e. The molecule has 1 aliphatic heterocycles. The van der Waals surface area contributed by atoms with E-state index in [0.717, 1.165) is 25.5 Å². The Morgan fingerprint density at radius 1 is 1.20 bits per heavy atom. The predicted octanol–water partition coefficient (Wildman–Crippen LogP) is 2.89. The fraction of sp³-hybridized carbons (Fsp3) is 0.300. The SMILES string of the molecule is COc1cc(O)cc(Nc2ncc(F)c(-n3cc(C(=O)N4CCCCC4)cn3)n2)c1. The van der Waals surface area contributed by atoms with Gasteiger partial charge in [-0.15, -0.1) is 0 Å². The maximum Gasteiger partial charge on any atom is 0.257 e. The van der Waals surface area contributed by atoms with Crippen LogP contribution in [0.5, 0.6) is 11.5 Å². The number of nitrogens with zero attached hydrogens (tertiary/aromatic N) is 5. The second kappa shape index (κ2) is 8.36. The summed E-state index contributed by atoms with van der Waals surface area (Å²) in [6, 6.07) is 4.54. The lowest BCUT2D eigenvalue weighted by Crippen LogP contribution is -2.35. The van der Waals surface area contributed by atoms with Crippen LogP contribution in [0.4, 0.5) is 16.0 Å². The molecule has 0 spiro atoms. The van der Waals surface area contributed by atoms with Crippen LogP contribution in [0.25, 0.3) is 5.82 Å².